The summed E-state index contributed by atoms with van der Waals surface area (Å²) >= 11 is 1.59. The molecule has 4 atom stereocenters. The Balaban J connectivity index is 1.65. The van der Waals surface area contributed by atoms with Gasteiger partial charge in [0.1, 0.15) is 12.1 Å². The first kappa shape index (κ1) is 29.5. The summed E-state index contributed by atoms with van der Waals surface area (Å²) in [6.45, 7) is 13.7. The van der Waals surface area contributed by atoms with Crippen molar-refractivity contribution in [1.82, 2.24) is 20.5 Å². The largest absolute Gasteiger partial charge is 0.391 e. The maximum atomic E-state index is 13.6. The van der Waals surface area contributed by atoms with Crippen molar-refractivity contribution >= 4 is 29.1 Å². The minimum Gasteiger partial charge on any atom is -0.391 e. The molecule has 1 aliphatic rings. The molecule has 0 saturated carbocycles. The molecule has 1 aromatic carbocycles. The molecular weight excluding hydrogens is 500 g/mol. The molecule has 3 amide bonds. The summed E-state index contributed by atoms with van der Waals surface area (Å²) in [6.07, 6.45) is 2.06. The first-order valence-electron chi connectivity index (χ1n) is 13.1. The van der Waals surface area contributed by atoms with Crippen LogP contribution in [0, 0.1) is 18.3 Å². The summed E-state index contributed by atoms with van der Waals surface area (Å²) < 4.78 is 0. The van der Waals surface area contributed by atoms with Crippen LogP contribution in [-0.4, -0.2) is 57.4 Å². The second kappa shape index (κ2) is 12.7. The Morgan fingerprint density at radius 3 is 2.53 bits per heavy atom. The molecule has 2 heterocycles. The molecule has 0 spiro atoms. The second-order valence-electron chi connectivity index (χ2n) is 11.2. The molecule has 3 rings (SSSR count). The predicted molar refractivity (Wildman–Crippen MR) is 150 cm³/mol. The Morgan fingerprint density at radius 1 is 1.26 bits per heavy atom. The Bertz CT molecular complexity index is 1140. The molecule has 206 valence electrons. The number of thiazole rings is 1. The molecule has 1 aromatic heterocycles. The molecule has 0 bridgehead atoms. The van der Waals surface area contributed by atoms with Crippen molar-refractivity contribution in [3.8, 4) is 10.4 Å². The average molecular weight is 541 g/mol. The summed E-state index contributed by atoms with van der Waals surface area (Å²) in [6, 6.07) is 6.29. The van der Waals surface area contributed by atoms with E-state index in [0.29, 0.717) is 13.0 Å². The number of amides is 3. The van der Waals surface area contributed by atoms with Crippen molar-refractivity contribution in [3.63, 3.8) is 0 Å². The summed E-state index contributed by atoms with van der Waals surface area (Å²) in [5.41, 5.74) is 4.22. The number of β-amino-alcohol motifs (C(OH)–C–C–N with tert-alkyl or cyclic N) is 1. The van der Waals surface area contributed by atoms with Gasteiger partial charge in [-0.2, -0.15) is 0 Å². The van der Waals surface area contributed by atoms with E-state index < -0.39 is 23.6 Å². The third-order valence-corrected chi connectivity index (χ3v) is 7.92. The van der Waals surface area contributed by atoms with Crippen LogP contribution >= 0.6 is 11.3 Å². The number of aliphatic hydroxyl groups is 1. The molecular formula is C29H40N4O4S. The van der Waals surface area contributed by atoms with E-state index >= 15 is 0 Å². The molecule has 3 N–H and O–H groups in total. The van der Waals surface area contributed by atoms with Crippen LogP contribution in [0.25, 0.3) is 10.4 Å². The zero-order chi connectivity index (χ0) is 28.0. The van der Waals surface area contributed by atoms with E-state index in [2.05, 4.69) is 22.2 Å². The standard InChI is InChI=1S/C29H40N4O4S/c1-7-18(2)8-13-24(35)32-26(29(4,5)6)28(37)33-16-22(34)14-23(33)27(36)30-15-20-9-11-21(12-10-20)25-19(3)31-17-38-25/h7,9-12,17-18,22-23,26,34H,1,8,13-16H2,2-6H3,(H,30,36)(H,32,35)/t18?,22-,23+,26-/m1/s1. The third kappa shape index (κ3) is 7.51. The highest BCUT2D eigenvalue weighted by molar-refractivity contribution is 7.13. The predicted octanol–water partition coefficient (Wildman–Crippen LogP) is 3.83. The Morgan fingerprint density at radius 2 is 1.95 bits per heavy atom. The Hall–Kier alpha value is -3.04. The molecule has 38 heavy (non-hydrogen) atoms. The number of likely N-dealkylation sites (tertiary alicyclic amines) is 1. The lowest BCUT2D eigenvalue weighted by Gasteiger charge is -2.35. The van der Waals surface area contributed by atoms with Crippen LogP contribution in [-0.2, 0) is 20.9 Å². The Kier molecular flexibility index (Phi) is 9.84. The van der Waals surface area contributed by atoms with Crippen molar-refractivity contribution in [3.05, 3.63) is 53.7 Å². The van der Waals surface area contributed by atoms with Gasteiger partial charge in [0.2, 0.25) is 17.7 Å². The van der Waals surface area contributed by atoms with Gasteiger partial charge in [-0.15, -0.1) is 17.9 Å². The van der Waals surface area contributed by atoms with E-state index in [-0.39, 0.29) is 43.0 Å². The molecule has 9 heteroatoms. The number of nitrogens with one attached hydrogen (secondary N) is 2. The van der Waals surface area contributed by atoms with Gasteiger partial charge in [-0.25, -0.2) is 4.98 Å². The smallest absolute Gasteiger partial charge is 0.246 e. The van der Waals surface area contributed by atoms with E-state index in [0.717, 1.165) is 21.7 Å². The summed E-state index contributed by atoms with van der Waals surface area (Å²) in [7, 11) is 0. The van der Waals surface area contributed by atoms with Gasteiger partial charge in [0.25, 0.3) is 0 Å². The second-order valence-corrected chi connectivity index (χ2v) is 12.1. The van der Waals surface area contributed by atoms with E-state index in [1.165, 1.54) is 4.90 Å². The van der Waals surface area contributed by atoms with Gasteiger partial charge in [-0.3, -0.25) is 14.4 Å². The summed E-state index contributed by atoms with van der Waals surface area (Å²) in [5.74, 6) is -0.705. The third-order valence-electron chi connectivity index (χ3n) is 6.94. The van der Waals surface area contributed by atoms with Gasteiger partial charge >= 0.3 is 0 Å². The van der Waals surface area contributed by atoms with E-state index in [9.17, 15) is 19.5 Å². The topological polar surface area (TPSA) is 112 Å². The van der Waals surface area contributed by atoms with E-state index in [1.54, 1.807) is 17.4 Å². The first-order chi connectivity index (χ1) is 17.9. The number of hydrogen-bond acceptors (Lipinski definition) is 6. The fraction of sp³-hybridized carbons (Fsp3) is 0.517. The SMILES string of the molecule is C=CC(C)CCC(=O)N[C@H](C(=O)N1C[C@H](O)C[C@H]1C(=O)NCc1ccc(-c2scnc2C)cc1)C(C)(C)C. The number of benzene rings is 1. The molecule has 1 fully saturated rings. The lowest BCUT2D eigenvalue weighted by atomic mass is 9.85. The quantitative estimate of drug-likeness (QED) is 0.397. The number of hydrogen-bond donors (Lipinski definition) is 3. The highest BCUT2D eigenvalue weighted by atomic mass is 32.1. The van der Waals surface area contributed by atoms with Gasteiger partial charge in [0.05, 0.1) is 22.2 Å². The zero-order valence-corrected chi connectivity index (χ0v) is 23.8. The molecule has 0 aliphatic carbocycles. The van der Waals surface area contributed by atoms with Crippen molar-refractivity contribution in [2.75, 3.05) is 6.54 Å². The maximum Gasteiger partial charge on any atom is 0.246 e. The highest BCUT2D eigenvalue weighted by Crippen LogP contribution is 2.28. The first-order valence-corrected chi connectivity index (χ1v) is 14.0. The van der Waals surface area contributed by atoms with Crippen molar-refractivity contribution in [2.24, 2.45) is 11.3 Å². The van der Waals surface area contributed by atoms with Crippen LogP contribution in [0.2, 0.25) is 0 Å². The van der Waals surface area contributed by atoms with E-state index in [4.69, 9.17) is 0 Å². The number of nitrogens with zero attached hydrogens (tertiary/aromatic N) is 2. The van der Waals surface area contributed by atoms with Crippen LogP contribution < -0.4 is 10.6 Å². The average Bonchev–Trinajstić information content (AvgIpc) is 3.48. The molecule has 8 nitrogen and oxygen atoms in total. The maximum absolute atomic E-state index is 13.6. The van der Waals surface area contributed by atoms with Crippen LogP contribution in [0.1, 0.15) is 58.2 Å². The van der Waals surface area contributed by atoms with Crippen molar-refractivity contribution in [2.45, 2.75) is 78.6 Å². The molecule has 2 aromatic rings. The number of carbonyl (C=O) groups is 3. The zero-order valence-electron chi connectivity index (χ0n) is 23.0. The van der Waals surface area contributed by atoms with Crippen molar-refractivity contribution in [1.29, 1.82) is 0 Å². The van der Waals surface area contributed by atoms with E-state index in [1.807, 2.05) is 64.4 Å². The lowest BCUT2D eigenvalue weighted by molar-refractivity contribution is -0.144. The number of aromatic nitrogens is 1. The molecule has 1 saturated heterocycles. The van der Waals surface area contributed by atoms with Crippen LogP contribution in [0.4, 0.5) is 0 Å². The fourth-order valence-corrected chi connectivity index (χ4v) is 5.30. The van der Waals surface area contributed by atoms with Crippen LogP contribution in [0.15, 0.2) is 42.4 Å². The monoisotopic (exact) mass is 540 g/mol. The van der Waals surface area contributed by atoms with Crippen LogP contribution in [0.5, 0.6) is 0 Å². The van der Waals surface area contributed by atoms with Gasteiger partial charge in [-0.05, 0) is 35.8 Å². The lowest BCUT2D eigenvalue weighted by Crippen LogP contribution is -2.57. The number of carbonyl (C=O) groups excluding carboxylic acids is 3. The molecule has 0 radical (unpaired) electrons. The normalized spacial score (nSPS) is 19.1. The van der Waals surface area contributed by atoms with Gasteiger partial charge in [-0.1, -0.05) is 58.0 Å². The molecule has 1 unspecified atom stereocenters. The van der Waals surface area contributed by atoms with Gasteiger partial charge in [0, 0.05) is 25.9 Å². The van der Waals surface area contributed by atoms with Crippen molar-refractivity contribution < 1.29 is 19.5 Å². The van der Waals surface area contributed by atoms with Gasteiger partial charge < -0.3 is 20.6 Å². The number of allylic oxidation sites excluding steroid dienone is 1. The minimum absolute atomic E-state index is 0.0514. The number of rotatable bonds is 10. The number of aryl methyl sites for hydroxylation is 1. The fourth-order valence-electron chi connectivity index (χ4n) is 4.49. The minimum atomic E-state index is -0.822. The van der Waals surface area contributed by atoms with Gasteiger partial charge in [0.15, 0.2) is 0 Å². The summed E-state index contributed by atoms with van der Waals surface area (Å²) in [4.78, 5) is 46.3. The number of aliphatic hydroxyl groups excluding tert-OH is 1. The summed E-state index contributed by atoms with van der Waals surface area (Å²) in [5, 5.41) is 16.2. The molecule has 1 aliphatic heterocycles. The Labute approximate surface area is 229 Å². The highest BCUT2D eigenvalue weighted by Gasteiger charge is 2.44. The van der Waals surface area contributed by atoms with Crippen LogP contribution in [0.3, 0.4) is 0 Å².